The Labute approximate surface area is 186 Å². The van der Waals surface area contributed by atoms with Crippen molar-refractivity contribution in [1.82, 2.24) is 9.88 Å². The van der Waals surface area contributed by atoms with Gasteiger partial charge in [0.15, 0.2) is 0 Å². The molecule has 0 saturated carbocycles. The summed E-state index contributed by atoms with van der Waals surface area (Å²) < 4.78 is 11.5. The molecule has 2 unspecified atom stereocenters. The van der Waals surface area contributed by atoms with Crippen LogP contribution >= 0.6 is 0 Å². The fraction of sp³-hybridized carbons (Fsp3) is 0.240. The molecule has 7 heteroatoms. The van der Waals surface area contributed by atoms with Crippen molar-refractivity contribution in [3.05, 3.63) is 84.2 Å². The molecule has 2 aromatic carbocycles. The Morgan fingerprint density at radius 2 is 1.88 bits per heavy atom. The largest absolute Gasteiger partial charge is 0.497 e. The molecule has 1 saturated heterocycles. The highest BCUT2D eigenvalue weighted by Crippen LogP contribution is 2.37. The van der Waals surface area contributed by atoms with Gasteiger partial charge in [-0.2, -0.15) is 0 Å². The molecule has 7 nitrogen and oxygen atoms in total. The molecule has 0 N–H and O–H groups in total. The number of benzene rings is 2. The Morgan fingerprint density at radius 3 is 2.62 bits per heavy atom. The second-order valence-electron chi connectivity index (χ2n) is 7.89. The van der Waals surface area contributed by atoms with Gasteiger partial charge in [0.2, 0.25) is 5.91 Å². The molecule has 3 heterocycles. The van der Waals surface area contributed by atoms with Crippen LogP contribution in [0, 0.1) is 0 Å². The van der Waals surface area contributed by atoms with Crippen LogP contribution in [0.1, 0.15) is 22.5 Å². The summed E-state index contributed by atoms with van der Waals surface area (Å²) in [4.78, 5) is 34.8. The van der Waals surface area contributed by atoms with E-state index in [0.29, 0.717) is 42.3 Å². The van der Waals surface area contributed by atoms with E-state index >= 15 is 0 Å². The molecule has 2 bridgehead atoms. The summed E-state index contributed by atoms with van der Waals surface area (Å²) >= 11 is 0. The normalized spacial score (nSPS) is 19.6. The van der Waals surface area contributed by atoms with Gasteiger partial charge in [0.1, 0.15) is 23.6 Å². The molecule has 3 aromatic rings. The van der Waals surface area contributed by atoms with E-state index in [9.17, 15) is 9.59 Å². The average molecular weight is 429 g/mol. The van der Waals surface area contributed by atoms with Crippen LogP contribution in [-0.4, -0.2) is 47.5 Å². The number of nitrogens with zero attached hydrogens (tertiary/aromatic N) is 3. The minimum Gasteiger partial charge on any atom is -0.497 e. The van der Waals surface area contributed by atoms with E-state index in [0.717, 1.165) is 5.69 Å². The van der Waals surface area contributed by atoms with Gasteiger partial charge in [0.25, 0.3) is 5.91 Å². The summed E-state index contributed by atoms with van der Waals surface area (Å²) in [5.74, 6) is 0.988. The number of para-hydroxylation sites is 2. The fourth-order valence-corrected chi connectivity index (χ4v) is 4.32. The number of hydrogen-bond donors (Lipinski definition) is 0. The maximum atomic E-state index is 13.8. The maximum Gasteiger partial charge on any atom is 0.254 e. The smallest absolute Gasteiger partial charge is 0.254 e. The molecule has 2 aliphatic rings. The van der Waals surface area contributed by atoms with Gasteiger partial charge in [-0.15, -0.1) is 0 Å². The molecular weight excluding hydrogens is 406 g/mol. The second-order valence-corrected chi connectivity index (χ2v) is 7.89. The minimum atomic E-state index is -0.605. The molecule has 0 radical (unpaired) electrons. The fourth-order valence-electron chi connectivity index (χ4n) is 4.32. The lowest BCUT2D eigenvalue weighted by molar-refractivity contribution is -0.122. The highest BCUT2D eigenvalue weighted by atomic mass is 16.5. The van der Waals surface area contributed by atoms with Crippen LogP contribution in [0.3, 0.4) is 0 Å². The lowest BCUT2D eigenvalue weighted by atomic mass is 10.1. The van der Waals surface area contributed by atoms with Crippen LogP contribution in [0.5, 0.6) is 11.5 Å². The molecule has 0 aliphatic carbocycles. The van der Waals surface area contributed by atoms with Crippen molar-refractivity contribution in [2.24, 2.45) is 0 Å². The van der Waals surface area contributed by atoms with Crippen molar-refractivity contribution in [2.75, 3.05) is 18.6 Å². The van der Waals surface area contributed by atoms with Crippen LogP contribution in [-0.2, 0) is 11.3 Å². The lowest BCUT2D eigenvalue weighted by Gasteiger charge is -2.31. The second kappa shape index (κ2) is 8.34. The van der Waals surface area contributed by atoms with Gasteiger partial charge in [0.05, 0.1) is 31.6 Å². The van der Waals surface area contributed by atoms with Crippen molar-refractivity contribution in [3.63, 3.8) is 0 Å². The average Bonchev–Trinajstić information content (AvgIpc) is 3.27. The number of carbonyl (C=O) groups is 2. The highest BCUT2D eigenvalue weighted by Gasteiger charge is 2.45. The van der Waals surface area contributed by atoms with E-state index in [4.69, 9.17) is 9.47 Å². The van der Waals surface area contributed by atoms with Crippen LogP contribution in [0.15, 0.2) is 72.9 Å². The molecule has 2 aliphatic heterocycles. The van der Waals surface area contributed by atoms with Crippen molar-refractivity contribution in [1.29, 1.82) is 0 Å². The van der Waals surface area contributed by atoms with Crippen LogP contribution in [0.25, 0.3) is 0 Å². The Hall–Kier alpha value is -3.87. The lowest BCUT2D eigenvalue weighted by Crippen LogP contribution is -2.48. The monoisotopic (exact) mass is 429 g/mol. The first kappa shape index (κ1) is 20.1. The van der Waals surface area contributed by atoms with E-state index in [1.165, 1.54) is 0 Å². The number of hydrogen-bond acceptors (Lipinski definition) is 5. The third-order valence-electron chi connectivity index (χ3n) is 5.91. The first-order valence-corrected chi connectivity index (χ1v) is 10.6. The first-order chi connectivity index (χ1) is 15.6. The standard InChI is InChI=1S/C25H23N3O4/c1-31-19-11-9-17(10-12-19)24(29)28-16-20-14-22(28)25(30)27(15-18-6-4-5-13-26-18)21-7-2-3-8-23(21)32-20/h2-13,20,22H,14-16H2,1H3. The molecule has 32 heavy (non-hydrogen) atoms. The van der Waals surface area contributed by atoms with Crippen molar-refractivity contribution >= 4 is 17.5 Å². The summed E-state index contributed by atoms with van der Waals surface area (Å²) in [5, 5.41) is 0. The SMILES string of the molecule is COc1ccc(C(=O)N2CC3CC2C(=O)N(Cc2ccccn2)c2ccccc2O3)cc1. The van der Waals surface area contributed by atoms with E-state index in [2.05, 4.69) is 4.98 Å². The van der Waals surface area contributed by atoms with E-state index in [-0.39, 0.29) is 17.9 Å². The quantitative estimate of drug-likeness (QED) is 0.636. The number of likely N-dealkylation sites (tertiary alicyclic amines) is 1. The summed E-state index contributed by atoms with van der Waals surface area (Å²) in [6.45, 7) is 0.652. The van der Waals surface area contributed by atoms with Crippen LogP contribution in [0.4, 0.5) is 5.69 Å². The van der Waals surface area contributed by atoms with Gasteiger partial charge < -0.3 is 19.3 Å². The van der Waals surface area contributed by atoms with Gasteiger partial charge in [-0.05, 0) is 48.5 Å². The molecule has 2 atom stereocenters. The van der Waals surface area contributed by atoms with Crippen molar-refractivity contribution in [3.8, 4) is 11.5 Å². The summed E-state index contributed by atoms with van der Waals surface area (Å²) in [6, 6.07) is 19.4. The Balaban J connectivity index is 1.49. The third-order valence-corrected chi connectivity index (χ3v) is 5.91. The minimum absolute atomic E-state index is 0.129. The van der Waals surface area contributed by atoms with E-state index in [1.54, 1.807) is 47.4 Å². The molecule has 1 aromatic heterocycles. The zero-order valence-corrected chi connectivity index (χ0v) is 17.7. The third kappa shape index (κ3) is 3.66. The van der Waals surface area contributed by atoms with Gasteiger partial charge in [0, 0.05) is 18.2 Å². The van der Waals surface area contributed by atoms with Crippen LogP contribution < -0.4 is 14.4 Å². The Bertz CT molecular complexity index is 1130. The van der Waals surface area contributed by atoms with Gasteiger partial charge in [-0.3, -0.25) is 14.6 Å². The Kier molecular flexibility index (Phi) is 5.23. The first-order valence-electron chi connectivity index (χ1n) is 10.6. The topological polar surface area (TPSA) is 72.0 Å². The number of rotatable bonds is 4. The zero-order chi connectivity index (χ0) is 22.1. The van der Waals surface area contributed by atoms with Gasteiger partial charge in [-0.1, -0.05) is 18.2 Å². The summed E-state index contributed by atoms with van der Waals surface area (Å²) in [6.07, 6.45) is 1.91. The number of pyridine rings is 1. The zero-order valence-electron chi connectivity index (χ0n) is 17.7. The number of carbonyl (C=O) groups excluding carboxylic acids is 2. The number of methoxy groups -OCH3 is 1. The van der Waals surface area contributed by atoms with Crippen molar-refractivity contribution in [2.45, 2.75) is 25.1 Å². The maximum absolute atomic E-state index is 13.8. The predicted molar refractivity (Wildman–Crippen MR) is 119 cm³/mol. The number of anilines is 1. The summed E-state index contributed by atoms with van der Waals surface area (Å²) in [5.41, 5.74) is 1.97. The molecular formula is C25H23N3O4. The van der Waals surface area contributed by atoms with Gasteiger partial charge in [-0.25, -0.2) is 0 Å². The number of ether oxygens (including phenoxy) is 2. The Morgan fingerprint density at radius 1 is 1.09 bits per heavy atom. The van der Waals surface area contributed by atoms with Crippen LogP contribution in [0.2, 0.25) is 0 Å². The number of aromatic nitrogens is 1. The number of amides is 2. The molecule has 2 amide bonds. The summed E-state index contributed by atoms with van der Waals surface area (Å²) in [7, 11) is 1.58. The molecule has 162 valence electrons. The van der Waals surface area contributed by atoms with E-state index in [1.807, 2.05) is 42.5 Å². The number of fused-ring (bicyclic) bond motifs is 3. The van der Waals surface area contributed by atoms with Gasteiger partial charge >= 0.3 is 0 Å². The predicted octanol–water partition coefficient (Wildman–Crippen LogP) is 3.30. The highest BCUT2D eigenvalue weighted by molar-refractivity contribution is 6.03. The molecule has 1 fully saturated rings. The van der Waals surface area contributed by atoms with Crippen molar-refractivity contribution < 1.29 is 19.1 Å². The molecule has 0 spiro atoms. The molecule has 5 rings (SSSR count). The van der Waals surface area contributed by atoms with E-state index < -0.39 is 6.04 Å².